The number of carbonyl (C=O) groups is 3. The number of aryl methyl sites for hydroxylation is 1. The third-order valence-corrected chi connectivity index (χ3v) is 5.89. The number of rotatable bonds is 9. The summed E-state index contributed by atoms with van der Waals surface area (Å²) >= 11 is 0. The lowest BCUT2D eigenvalue weighted by Crippen LogP contribution is -2.31. The number of nitrogens with zero attached hydrogens (tertiary/aromatic N) is 1. The monoisotopic (exact) mass is 472 g/mol. The molecule has 0 radical (unpaired) electrons. The quantitative estimate of drug-likeness (QED) is 0.262. The number of fused-ring (bicyclic) bond motifs is 3. The molecule has 0 saturated carbocycles. The third kappa shape index (κ3) is 5.19. The number of amides is 1. The summed E-state index contributed by atoms with van der Waals surface area (Å²) in [6.07, 6.45) is -0.578. The van der Waals surface area contributed by atoms with E-state index in [1.165, 1.54) is 6.92 Å². The summed E-state index contributed by atoms with van der Waals surface area (Å²) in [5, 5.41) is 4.99. The number of ether oxygens (including phenoxy) is 2. The molecular weight excluding hydrogens is 444 g/mol. The van der Waals surface area contributed by atoms with Gasteiger partial charge in [0, 0.05) is 46.0 Å². The van der Waals surface area contributed by atoms with E-state index >= 15 is 0 Å². The fourth-order valence-corrected chi connectivity index (χ4v) is 4.08. The molecule has 0 fully saturated rings. The van der Waals surface area contributed by atoms with Gasteiger partial charge in [0.1, 0.15) is 5.75 Å². The SMILES string of the molecule is CCC(=O)c1ccc(OCC(=O)OC(C)C(=O)Nc2ccc3c(c2)c2ccccc2n3CC)cc1. The number of ketones is 1. The lowest BCUT2D eigenvalue weighted by atomic mass is 10.1. The summed E-state index contributed by atoms with van der Waals surface area (Å²) in [5.41, 5.74) is 3.45. The Morgan fingerprint density at radius 2 is 1.63 bits per heavy atom. The highest BCUT2D eigenvalue weighted by atomic mass is 16.6. The highest BCUT2D eigenvalue weighted by molar-refractivity contribution is 6.10. The zero-order valence-electron chi connectivity index (χ0n) is 20.0. The first-order valence-corrected chi connectivity index (χ1v) is 11.7. The highest BCUT2D eigenvalue weighted by Crippen LogP contribution is 2.31. The zero-order valence-corrected chi connectivity index (χ0v) is 20.0. The van der Waals surface area contributed by atoms with Gasteiger partial charge in [-0.1, -0.05) is 25.1 Å². The van der Waals surface area contributed by atoms with Crippen LogP contribution in [0.15, 0.2) is 66.7 Å². The Bertz CT molecular complexity index is 1390. The van der Waals surface area contributed by atoms with Gasteiger partial charge in [0.25, 0.3) is 5.91 Å². The van der Waals surface area contributed by atoms with Crippen molar-refractivity contribution in [3.05, 3.63) is 72.3 Å². The molecule has 0 spiro atoms. The second-order valence-electron chi connectivity index (χ2n) is 8.20. The summed E-state index contributed by atoms with van der Waals surface area (Å²) in [7, 11) is 0. The predicted octanol–water partition coefficient (Wildman–Crippen LogP) is 5.36. The number of hydrogen-bond donors (Lipinski definition) is 1. The summed E-state index contributed by atoms with van der Waals surface area (Å²) in [6, 6.07) is 20.5. The van der Waals surface area contributed by atoms with Gasteiger partial charge in [0.15, 0.2) is 18.5 Å². The van der Waals surface area contributed by atoms with E-state index in [4.69, 9.17) is 9.47 Å². The number of para-hydroxylation sites is 1. The van der Waals surface area contributed by atoms with Crippen LogP contribution in [0.25, 0.3) is 21.8 Å². The second kappa shape index (κ2) is 10.4. The number of carbonyl (C=O) groups excluding carboxylic acids is 3. The van der Waals surface area contributed by atoms with Crippen molar-refractivity contribution in [3.63, 3.8) is 0 Å². The smallest absolute Gasteiger partial charge is 0.344 e. The standard InChI is InChI=1S/C28H28N2O5/c1-4-26(31)19-10-13-21(14-11-19)34-17-27(32)35-18(3)28(33)29-20-12-15-25-23(16-20)22-8-6-7-9-24(22)30(25)5-2/h6-16,18H,4-5,17H2,1-3H3,(H,29,33). The Hall–Kier alpha value is -4.13. The van der Waals surface area contributed by atoms with E-state index in [0.717, 1.165) is 28.4 Å². The van der Waals surface area contributed by atoms with E-state index in [0.29, 0.717) is 23.4 Å². The number of nitrogens with one attached hydrogen (secondary N) is 1. The normalized spacial score (nSPS) is 11.9. The molecule has 1 heterocycles. The Labute approximate surface area is 203 Å². The fraction of sp³-hybridized carbons (Fsp3) is 0.250. The summed E-state index contributed by atoms with van der Waals surface area (Å²) in [5.74, 6) is -0.625. The van der Waals surface area contributed by atoms with Crippen LogP contribution in [0, 0.1) is 0 Å². The molecule has 35 heavy (non-hydrogen) atoms. The van der Waals surface area contributed by atoms with Gasteiger partial charge in [-0.2, -0.15) is 0 Å². The van der Waals surface area contributed by atoms with Gasteiger partial charge in [-0.15, -0.1) is 0 Å². The molecule has 1 atom stereocenters. The predicted molar refractivity (Wildman–Crippen MR) is 136 cm³/mol. The first kappa shape index (κ1) is 24.0. The summed E-state index contributed by atoms with van der Waals surface area (Å²) in [4.78, 5) is 36.5. The minimum Gasteiger partial charge on any atom is -0.482 e. The van der Waals surface area contributed by atoms with Gasteiger partial charge in [-0.3, -0.25) is 9.59 Å². The molecular formula is C28H28N2O5. The molecule has 4 rings (SSSR count). The van der Waals surface area contributed by atoms with Gasteiger partial charge in [-0.05, 0) is 62.4 Å². The van der Waals surface area contributed by atoms with Crippen molar-refractivity contribution in [2.75, 3.05) is 11.9 Å². The average Bonchev–Trinajstić information content (AvgIpc) is 3.20. The van der Waals surface area contributed by atoms with Crippen molar-refractivity contribution in [1.82, 2.24) is 4.57 Å². The lowest BCUT2D eigenvalue weighted by Gasteiger charge is -2.14. The molecule has 7 heteroatoms. The minimum atomic E-state index is -0.997. The summed E-state index contributed by atoms with van der Waals surface area (Å²) < 4.78 is 12.9. The molecule has 0 aliphatic carbocycles. The van der Waals surface area contributed by atoms with Crippen molar-refractivity contribution < 1.29 is 23.9 Å². The Kier molecular flexibility index (Phi) is 7.15. The van der Waals surface area contributed by atoms with E-state index < -0.39 is 18.0 Å². The van der Waals surface area contributed by atoms with Gasteiger partial charge in [-0.25, -0.2) is 4.79 Å². The van der Waals surface area contributed by atoms with Crippen LogP contribution in [-0.2, 0) is 20.9 Å². The maximum atomic E-state index is 12.6. The molecule has 3 aromatic carbocycles. The van der Waals surface area contributed by atoms with Gasteiger partial charge >= 0.3 is 5.97 Å². The van der Waals surface area contributed by atoms with E-state index in [1.54, 1.807) is 31.2 Å². The maximum absolute atomic E-state index is 12.6. The molecule has 7 nitrogen and oxygen atoms in total. The van der Waals surface area contributed by atoms with Crippen LogP contribution >= 0.6 is 0 Å². The molecule has 4 aromatic rings. The molecule has 1 unspecified atom stereocenters. The molecule has 0 aliphatic rings. The minimum absolute atomic E-state index is 0.0334. The van der Waals surface area contributed by atoms with E-state index in [1.807, 2.05) is 30.3 Å². The Morgan fingerprint density at radius 3 is 2.34 bits per heavy atom. The van der Waals surface area contributed by atoms with Crippen molar-refractivity contribution >= 4 is 45.2 Å². The first-order chi connectivity index (χ1) is 16.9. The molecule has 0 aliphatic heterocycles. The van der Waals surface area contributed by atoms with Crippen LogP contribution in [-0.4, -0.2) is 34.9 Å². The molecule has 180 valence electrons. The lowest BCUT2D eigenvalue weighted by molar-refractivity contribution is -0.155. The van der Waals surface area contributed by atoms with E-state index in [2.05, 4.69) is 28.9 Å². The number of aromatic nitrogens is 1. The highest BCUT2D eigenvalue weighted by Gasteiger charge is 2.19. The zero-order chi connectivity index (χ0) is 24.9. The van der Waals surface area contributed by atoms with Gasteiger partial charge in [0.2, 0.25) is 0 Å². The van der Waals surface area contributed by atoms with Crippen LogP contribution in [0.2, 0.25) is 0 Å². The van der Waals surface area contributed by atoms with Crippen LogP contribution in [0.4, 0.5) is 5.69 Å². The largest absolute Gasteiger partial charge is 0.482 e. The van der Waals surface area contributed by atoms with Crippen molar-refractivity contribution in [2.24, 2.45) is 0 Å². The second-order valence-corrected chi connectivity index (χ2v) is 8.20. The van der Waals surface area contributed by atoms with E-state index in [9.17, 15) is 14.4 Å². The van der Waals surface area contributed by atoms with Gasteiger partial charge < -0.3 is 19.4 Å². The van der Waals surface area contributed by atoms with Crippen molar-refractivity contribution in [3.8, 4) is 5.75 Å². The topological polar surface area (TPSA) is 86.6 Å². The van der Waals surface area contributed by atoms with Crippen molar-refractivity contribution in [2.45, 2.75) is 39.8 Å². The first-order valence-electron chi connectivity index (χ1n) is 11.7. The van der Waals surface area contributed by atoms with Crippen LogP contribution in [0.5, 0.6) is 5.75 Å². The number of benzene rings is 3. The number of esters is 1. The Morgan fingerprint density at radius 1 is 0.914 bits per heavy atom. The van der Waals surface area contributed by atoms with Crippen molar-refractivity contribution in [1.29, 1.82) is 0 Å². The molecule has 0 bridgehead atoms. The number of Topliss-reactive ketones (excluding diaryl/α,β-unsaturated/α-hetero) is 1. The van der Waals surface area contributed by atoms with Gasteiger partial charge in [0.05, 0.1) is 0 Å². The average molecular weight is 473 g/mol. The molecule has 0 saturated heterocycles. The third-order valence-electron chi connectivity index (χ3n) is 5.89. The number of anilines is 1. The molecule has 1 amide bonds. The Balaban J connectivity index is 1.36. The molecule has 1 aromatic heterocycles. The fourth-order valence-electron chi connectivity index (χ4n) is 4.08. The number of hydrogen-bond acceptors (Lipinski definition) is 5. The van der Waals surface area contributed by atoms with Crippen LogP contribution in [0.3, 0.4) is 0 Å². The molecule has 1 N–H and O–H groups in total. The summed E-state index contributed by atoms with van der Waals surface area (Å²) in [6.45, 7) is 5.90. The maximum Gasteiger partial charge on any atom is 0.344 e. The van der Waals surface area contributed by atoms with Crippen LogP contribution in [0.1, 0.15) is 37.6 Å². The van der Waals surface area contributed by atoms with E-state index in [-0.39, 0.29) is 12.4 Å². The van der Waals surface area contributed by atoms with Crippen LogP contribution < -0.4 is 10.1 Å².